The summed E-state index contributed by atoms with van der Waals surface area (Å²) in [4.78, 5) is 35.6. The maximum absolute atomic E-state index is 12.1. The number of fused-ring (bicyclic) bond motifs is 1. The maximum Gasteiger partial charge on any atom is 0.339 e. The highest BCUT2D eigenvalue weighted by Crippen LogP contribution is 2.25. The number of hydrogen-bond donors (Lipinski definition) is 0. The van der Waals surface area contributed by atoms with Crippen molar-refractivity contribution in [3.05, 3.63) is 47.0 Å². The molecule has 6 heteroatoms. The molecule has 0 saturated heterocycles. The van der Waals surface area contributed by atoms with Gasteiger partial charge in [0.2, 0.25) is 0 Å². The molecule has 0 aliphatic rings. The molecule has 0 amide bonds. The van der Waals surface area contributed by atoms with Gasteiger partial charge in [-0.25, -0.2) is 14.4 Å². The summed E-state index contributed by atoms with van der Waals surface area (Å²) in [5.74, 6) is -1.89. The Kier molecular flexibility index (Phi) is 4.41. The van der Waals surface area contributed by atoms with Gasteiger partial charge >= 0.3 is 17.9 Å². The van der Waals surface area contributed by atoms with E-state index >= 15 is 0 Å². The number of hydrogen-bond acceptors (Lipinski definition) is 6. The Morgan fingerprint density at radius 1 is 0.773 bits per heavy atom. The van der Waals surface area contributed by atoms with Crippen LogP contribution in [0, 0.1) is 0 Å². The van der Waals surface area contributed by atoms with E-state index in [1.165, 1.54) is 33.5 Å². The molecule has 0 aliphatic carbocycles. The van der Waals surface area contributed by atoms with Crippen molar-refractivity contribution < 1.29 is 28.6 Å². The van der Waals surface area contributed by atoms with E-state index in [0.29, 0.717) is 10.8 Å². The second kappa shape index (κ2) is 6.26. The molecule has 22 heavy (non-hydrogen) atoms. The van der Waals surface area contributed by atoms with Crippen LogP contribution < -0.4 is 0 Å². The van der Waals surface area contributed by atoms with Gasteiger partial charge in [0, 0.05) is 0 Å². The first-order valence-corrected chi connectivity index (χ1v) is 6.35. The Hall–Kier alpha value is -2.89. The van der Waals surface area contributed by atoms with Gasteiger partial charge in [-0.2, -0.15) is 0 Å². The van der Waals surface area contributed by atoms with Gasteiger partial charge in [0.15, 0.2) is 0 Å². The zero-order valence-electron chi connectivity index (χ0n) is 12.3. The van der Waals surface area contributed by atoms with Crippen LogP contribution in [0.25, 0.3) is 10.8 Å². The van der Waals surface area contributed by atoms with Crippen molar-refractivity contribution >= 4 is 28.7 Å². The third-order valence-corrected chi connectivity index (χ3v) is 3.24. The zero-order valence-corrected chi connectivity index (χ0v) is 12.3. The molecule has 0 heterocycles. The molecule has 0 aliphatic heterocycles. The minimum absolute atomic E-state index is 0.0533. The van der Waals surface area contributed by atoms with Crippen molar-refractivity contribution in [2.75, 3.05) is 21.3 Å². The van der Waals surface area contributed by atoms with Crippen molar-refractivity contribution in [3.63, 3.8) is 0 Å². The third kappa shape index (κ3) is 2.63. The van der Waals surface area contributed by atoms with Crippen LogP contribution in [0.5, 0.6) is 0 Å². The Morgan fingerprint density at radius 3 is 1.95 bits per heavy atom. The number of esters is 3. The average molecular weight is 302 g/mol. The van der Waals surface area contributed by atoms with Crippen molar-refractivity contribution in [1.82, 2.24) is 0 Å². The second-order valence-electron chi connectivity index (χ2n) is 4.40. The highest BCUT2D eigenvalue weighted by Gasteiger charge is 2.22. The fraction of sp³-hybridized carbons (Fsp3) is 0.188. The van der Waals surface area contributed by atoms with Crippen molar-refractivity contribution in [3.8, 4) is 0 Å². The summed E-state index contributed by atoms with van der Waals surface area (Å²) in [6.07, 6.45) is 0. The molecule has 2 aromatic carbocycles. The summed E-state index contributed by atoms with van der Waals surface area (Å²) >= 11 is 0. The highest BCUT2D eigenvalue weighted by atomic mass is 16.5. The van der Waals surface area contributed by atoms with Gasteiger partial charge in [0.05, 0.1) is 38.0 Å². The summed E-state index contributed by atoms with van der Waals surface area (Å²) < 4.78 is 14.1. The minimum atomic E-state index is -0.687. The monoisotopic (exact) mass is 302 g/mol. The normalized spacial score (nSPS) is 10.1. The van der Waals surface area contributed by atoms with Gasteiger partial charge < -0.3 is 14.2 Å². The molecule has 2 rings (SSSR count). The first kappa shape index (κ1) is 15.5. The van der Waals surface area contributed by atoms with E-state index in [0.717, 1.165) is 0 Å². The number of rotatable bonds is 3. The van der Waals surface area contributed by atoms with E-state index in [1.807, 2.05) is 0 Å². The lowest BCUT2D eigenvalue weighted by molar-refractivity contribution is 0.0557. The fourth-order valence-electron chi connectivity index (χ4n) is 2.17. The molecular weight excluding hydrogens is 288 g/mol. The molecule has 0 radical (unpaired) electrons. The predicted molar refractivity (Wildman–Crippen MR) is 78.0 cm³/mol. The van der Waals surface area contributed by atoms with Crippen molar-refractivity contribution in [2.45, 2.75) is 0 Å². The predicted octanol–water partition coefficient (Wildman–Crippen LogP) is 2.20. The SMILES string of the molecule is COC(=O)c1ccc2ccc(C(=O)OC)c(C(=O)OC)c2c1. The van der Waals surface area contributed by atoms with Gasteiger partial charge in [-0.05, 0) is 29.0 Å². The lowest BCUT2D eigenvalue weighted by Crippen LogP contribution is -2.13. The van der Waals surface area contributed by atoms with E-state index in [2.05, 4.69) is 9.47 Å². The van der Waals surface area contributed by atoms with Crippen LogP contribution in [0.3, 0.4) is 0 Å². The summed E-state index contributed by atoms with van der Waals surface area (Å²) in [5.41, 5.74) is 0.392. The summed E-state index contributed by atoms with van der Waals surface area (Å²) in [6.45, 7) is 0. The van der Waals surface area contributed by atoms with Gasteiger partial charge in [0.1, 0.15) is 0 Å². The number of benzene rings is 2. The Labute approximate surface area is 126 Å². The standard InChI is InChI=1S/C16H14O6/c1-20-14(17)10-5-4-9-6-7-11(15(18)21-2)13(12(9)8-10)16(19)22-3/h4-8H,1-3H3. The molecule has 114 valence electrons. The van der Waals surface area contributed by atoms with Gasteiger partial charge in [-0.15, -0.1) is 0 Å². The number of carbonyl (C=O) groups is 3. The summed E-state index contributed by atoms with van der Waals surface area (Å²) in [5, 5.41) is 1.10. The first-order valence-electron chi connectivity index (χ1n) is 6.35. The number of methoxy groups -OCH3 is 3. The third-order valence-electron chi connectivity index (χ3n) is 3.24. The van der Waals surface area contributed by atoms with Crippen LogP contribution in [0.15, 0.2) is 30.3 Å². The number of ether oxygens (including phenoxy) is 3. The van der Waals surface area contributed by atoms with Crippen LogP contribution >= 0.6 is 0 Å². The van der Waals surface area contributed by atoms with Gasteiger partial charge in [0.25, 0.3) is 0 Å². The van der Waals surface area contributed by atoms with E-state index in [9.17, 15) is 14.4 Å². The summed E-state index contributed by atoms with van der Waals surface area (Å²) in [7, 11) is 3.70. The zero-order chi connectivity index (χ0) is 16.3. The van der Waals surface area contributed by atoms with Crippen molar-refractivity contribution in [2.24, 2.45) is 0 Å². The average Bonchev–Trinajstić information content (AvgIpc) is 2.57. The largest absolute Gasteiger partial charge is 0.465 e. The molecule has 0 atom stereocenters. The molecule has 0 bridgehead atoms. The smallest absolute Gasteiger partial charge is 0.339 e. The molecular formula is C16H14O6. The molecule has 0 fully saturated rings. The molecule has 0 N–H and O–H groups in total. The lowest BCUT2D eigenvalue weighted by Gasteiger charge is -2.11. The van der Waals surface area contributed by atoms with Crippen LogP contribution in [0.4, 0.5) is 0 Å². The van der Waals surface area contributed by atoms with E-state index in [4.69, 9.17) is 4.74 Å². The van der Waals surface area contributed by atoms with Crippen molar-refractivity contribution in [1.29, 1.82) is 0 Å². The molecule has 0 spiro atoms. The quantitative estimate of drug-likeness (QED) is 0.639. The first-order chi connectivity index (χ1) is 10.5. The summed E-state index contributed by atoms with van der Waals surface area (Å²) in [6, 6.07) is 7.87. The fourth-order valence-corrected chi connectivity index (χ4v) is 2.17. The van der Waals surface area contributed by atoms with E-state index in [1.54, 1.807) is 18.2 Å². The van der Waals surface area contributed by atoms with Gasteiger partial charge in [-0.1, -0.05) is 12.1 Å². The molecule has 6 nitrogen and oxygen atoms in total. The molecule has 0 unspecified atom stereocenters. The lowest BCUT2D eigenvalue weighted by atomic mass is 9.97. The minimum Gasteiger partial charge on any atom is -0.465 e. The molecule has 0 saturated carbocycles. The molecule has 2 aromatic rings. The van der Waals surface area contributed by atoms with Crippen LogP contribution in [0.1, 0.15) is 31.1 Å². The van der Waals surface area contributed by atoms with Gasteiger partial charge in [-0.3, -0.25) is 0 Å². The molecule has 0 aromatic heterocycles. The van der Waals surface area contributed by atoms with Crippen LogP contribution in [-0.2, 0) is 14.2 Å². The highest BCUT2D eigenvalue weighted by molar-refractivity contribution is 6.13. The Balaban J connectivity index is 2.80. The Morgan fingerprint density at radius 2 is 1.36 bits per heavy atom. The number of carbonyl (C=O) groups excluding carboxylic acids is 3. The Bertz CT molecular complexity index is 757. The second-order valence-corrected chi connectivity index (χ2v) is 4.40. The van der Waals surface area contributed by atoms with Crippen LogP contribution in [0.2, 0.25) is 0 Å². The van der Waals surface area contributed by atoms with Crippen LogP contribution in [-0.4, -0.2) is 39.2 Å². The van der Waals surface area contributed by atoms with E-state index < -0.39 is 17.9 Å². The topological polar surface area (TPSA) is 78.9 Å². The van der Waals surface area contributed by atoms with E-state index in [-0.39, 0.29) is 16.7 Å². The maximum atomic E-state index is 12.1.